The summed E-state index contributed by atoms with van der Waals surface area (Å²) in [4.78, 5) is 0. The molecule has 1 saturated carbocycles. The van der Waals surface area contributed by atoms with Crippen molar-refractivity contribution in [3.8, 4) is 6.07 Å². The average molecular weight is 291 g/mol. The number of rotatable bonds is 5. The van der Waals surface area contributed by atoms with Crippen LogP contribution in [0, 0.1) is 17.2 Å². The zero-order valence-corrected chi connectivity index (χ0v) is 12.6. The monoisotopic (exact) mass is 291 g/mol. The Bertz CT molecular complexity index is 487. The van der Waals surface area contributed by atoms with Crippen LogP contribution in [0.3, 0.4) is 0 Å². The van der Waals surface area contributed by atoms with Crippen LogP contribution in [0.5, 0.6) is 0 Å². The van der Waals surface area contributed by atoms with Crippen molar-refractivity contribution in [2.24, 2.45) is 5.92 Å². The first kappa shape index (κ1) is 15.9. The number of alkyl halides is 2. The number of benzene rings is 1. The fourth-order valence-electron chi connectivity index (χ4n) is 3.37. The normalized spacial score (nSPS) is 24.5. The van der Waals surface area contributed by atoms with Crippen molar-refractivity contribution >= 4 is 0 Å². The molecule has 0 aromatic heterocycles. The molecule has 0 radical (unpaired) electrons. The van der Waals surface area contributed by atoms with Gasteiger partial charge >= 0.3 is 0 Å². The number of nitrogens with zero attached hydrogens (tertiary/aromatic N) is 1. The highest BCUT2D eigenvalue weighted by Gasteiger charge is 2.45. The van der Waals surface area contributed by atoms with E-state index in [0.717, 1.165) is 32.1 Å². The third-order valence-electron chi connectivity index (χ3n) is 4.59. The smallest absolute Gasteiger partial charge is 0.206 e. The third kappa shape index (κ3) is 4.03. The first-order valence-electron chi connectivity index (χ1n) is 7.94. The maximum Gasteiger partial charge on any atom is 0.255 e. The van der Waals surface area contributed by atoms with Gasteiger partial charge in [-0.2, -0.15) is 5.26 Å². The summed E-state index contributed by atoms with van der Waals surface area (Å²) in [5.74, 6) is -3.14. The molecule has 0 heterocycles. The molecule has 2 rings (SSSR count). The molecule has 0 aliphatic heterocycles. The minimum atomic E-state index is -2.62. The highest BCUT2D eigenvalue weighted by atomic mass is 19.3. The van der Waals surface area contributed by atoms with Gasteiger partial charge in [0.1, 0.15) is 0 Å². The van der Waals surface area contributed by atoms with Crippen molar-refractivity contribution in [1.29, 1.82) is 5.26 Å². The molecule has 0 N–H and O–H groups in total. The summed E-state index contributed by atoms with van der Waals surface area (Å²) in [6.07, 6.45) is 5.74. The molecule has 0 spiro atoms. The summed E-state index contributed by atoms with van der Waals surface area (Å²) in [6, 6.07) is 8.68. The van der Waals surface area contributed by atoms with Gasteiger partial charge in [-0.25, -0.2) is 8.78 Å². The Kier molecular flexibility index (Phi) is 5.33. The summed E-state index contributed by atoms with van der Waals surface area (Å²) in [6.45, 7) is 2.14. The predicted octanol–water partition coefficient (Wildman–Crippen LogP) is 5.66. The van der Waals surface area contributed by atoms with Crippen molar-refractivity contribution in [2.75, 3.05) is 0 Å². The van der Waals surface area contributed by atoms with Gasteiger partial charge in [-0.3, -0.25) is 0 Å². The van der Waals surface area contributed by atoms with Crippen LogP contribution in [-0.2, 0) is 0 Å². The summed E-state index contributed by atoms with van der Waals surface area (Å²) >= 11 is 0. The molecule has 114 valence electrons. The number of unbranched alkanes of at least 4 members (excludes halogenated alkanes) is 2. The van der Waals surface area contributed by atoms with Crippen LogP contribution in [0.15, 0.2) is 24.3 Å². The van der Waals surface area contributed by atoms with E-state index in [1.165, 1.54) is 0 Å². The fraction of sp³-hybridized carbons (Fsp3) is 0.611. The Hall–Kier alpha value is -1.43. The molecule has 2 unspecified atom stereocenters. The van der Waals surface area contributed by atoms with E-state index < -0.39 is 11.8 Å². The van der Waals surface area contributed by atoms with Gasteiger partial charge in [-0.1, -0.05) is 44.7 Å². The largest absolute Gasteiger partial charge is 0.255 e. The third-order valence-corrected chi connectivity index (χ3v) is 4.59. The lowest BCUT2D eigenvalue weighted by Crippen LogP contribution is -2.34. The zero-order chi connectivity index (χ0) is 15.3. The van der Waals surface area contributed by atoms with Crippen molar-refractivity contribution in [2.45, 2.75) is 63.7 Å². The van der Waals surface area contributed by atoms with E-state index in [2.05, 4.69) is 6.92 Å². The van der Waals surface area contributed by atoms with Crippen molar-refractivity contribution in [3.05, 3.63) is 35.4 Å². The van der Waals surface area contributed by atoms with Gasteiger partial charge in [0.05, 0.1) is 11.6 Å². The quantitative estimate of drug-likeness (QED) is 0.642. The van der Waals surface area contributed by atoms with Crippen molar-refractivity contribution in [1.82, 2.24) is 0 Å². The van der Waals surface area contributed by atoms with Crippen molar-refractivity contribution in [3.63, 3.8) is 0 Å². The maximum atomic E-state index is 14.4. The van der Waals surface area contributed by atoms with Gasteiger partial charge in [-0.05, 0) is 36.5 Å². The lowest BCUT2D eigenvalue weighted by atomic mass is 9.74. The summed E-state index contributed by atoms with van der Waals surface area (Å²) in [5.41, 5.74) is 1.20. The molecule has 0 saturated heterocycles. The van der Waals surface area contributed by atoms with E-state index in [4.69, 9.17) is 5.26 Å². The molecular weight excluding hydrogens is 268 g/mol. The SMILES string of the molecule is CCCCCC1CCC(c2ccc(C#N)cc2)C(F)(F)C1. The number of hydrogen-bond acceptors (Lipinski definition) is 1. The van der Waals surface area contributed by atoms with Crippen LogP contribution in [0.1, 0.15) is 68.9 Å². The van der Waals surface area contributed by atoms with Gasteiger partial charge in [0.25, 0.3) is 5.92 Å². The fourth-order valence-corrected chi connectivity index (χ4v) is 3.37. The molecular formula is C18H23F2N. The van der Waals surface area contributed by atoms with Crippen LogP contribution in [0.25, 0.3) is 0 Å². The lowest BCUT2D eigenvalue weighted by Gasteiger charge is -2.36. The lowest BCUT2D eigenvalue weighted by molar-refractivity contribution is -0.0737. The van der Waals surface area contributed by atoms with E-state index >= 15 is 0 Å². The second-order valence-electron chi connectivity index (χ2n) is 6.19. The zero-order valence-electron chi connectivity index (χ0n) is 12.6. The summed E-state index contributed by atoms with van der Waals surface area (Å²) in [5, 5.41) is 8.78. The Morgan fingerprint density at radius 2 is 1.90 bits per heavy atom. The highest BCUT2D eigenvalue weighted by molar-refractivity contribution is 5.34. The topological polar surface area (TPSA) is 23.8 Å². The minimum absolute atomic E-state index is 0.0153. The molecule has 21 heavy (non-hydrogen) atoms. The molecule has 1 nitrogen and oxygen atoms in total. The second kappa shape index (κ2) is 7.02. The van der Waals surface area contributed by atoms with Crippen LogP contribution in [0.2, 0.25) is 0 Å². The van der Waals surface area contributed by atoms with E-state index in [-0.39, 0.29) is 12.3 Å². The van der Waals surface area contributed by atoms with Gasteiger partial charge in [0.15, 0.2) is 0 Å². The van der Waals surface area contributed by atoms with Gasteiger partial charge in [-0.15, -0.1) is 0 Å². The Labute approximate surface area is 126 Å². The average Bonchev–Trinajstić information content (AvgIpc) is 2.47. The minimum Gasteiger partial charge on any atom is -0.206 e. The molecule has 1 aliphatic rings. The van der Waals surface area contributed by atoms with E-state index in [1.54, 1.807) is 24.3 Å². The molecule has 1 aromatic carbocycles. The first-order chi connectivity index (χ1) is 10.1. The molecule has 1 aliphatic carbocycles. The van der Waals surface area contributed by atoms with Gasteiger partial charge in [0, 0.05) is 12.3 Å². The highest BCUT2D eigenvalue weighted by Crippen LogP contribution is 2.48. The van der Waals surface area contributed by atoms with Crippen LogP contribution >= 0.6 is 0 Å². The van der Waals surface area contributed by atoms with E-state index in [1.807, 2.05) is 6.07 Å². The van der Waals surface area contributed by atoms with Crippen molar-refractivity contribution < 1.29 is 8.78 Å². The standard InChI is InChI=1S/C18H23F2N/c1-2-3-4-5-14-8-11-17(18(19,20)12-14)16-9-6-15(13-21)7-10-16/h6-7,9-10,14,17H,2-5,8,11-12H2,1H3. The molecule has 1 fully saturated rings. The summed E-state index contributed by atoms with van der Waals surface area (Å²) in [7, 11) is 0. The number of nitriles is 1. The summed E-state index contributed by atoms with van der Waals surface area (Å²) < 4.78 is 28.9. The van der Waals surface area contributed by atoms with E-state index in [9.17, 15) is 8.78 Å². The van der Waals surface area contributed by atoms with Crippen LogP contribution < -0.4 is 0 Å². The maximum absolute atomic E-state index is 14.4. The van der Waals surface area contributed by atoms with E-state index in [0.29, 0.717) is 17.5 Å². The molecule has 1 aromatic rings. The molecule has 0 amide bonds. The van der Waals surface area contributed by atoms with Crippen LogP contribution in [-0.4, -0.2) is 5.92 Å². The van der Waals surface area contributed by atoms with Crippen LogP contribution in [0.4, 0.5) is 8.78 Å². The molecule has 3 heteroatoms. The second-order valence-corrected chi connectivity index (χ2v) is 6.19. The van der Waals surface area contributed by atoms with Gasteiger partial charge in [0.2, 0.25) is 0 Å². The Balaban J connectivity index is 2.01. The first-order valence-corrected chi connectivity index (χ1v) is 7.94. The number of halogens is 2. The molecule has 2 atom stereocenters. The Morgan fingerprint density at radius 1 is 1.19 bits per heavy atom. The molecule has 0 bridgehead atoms. The predicted molar refractivity (Wildman–Crippen MR) is 80.3 cm³/mol. The van der Waals surface area contributed by atoms with Gasteiger partial charge < -0.3 is 0 Å². The number of hydrogen-bond donors (Lipinski definition) is 0. The Morgan fingerprint density at radius 3 is 2.48 bits per heavy atom.